The van der Waals surface area contributed by atoms with E-state index in [4.69, 9.17) is 4.74 Å². The summed E-state index contributed by atoms with van der Waals surface area (Å²) in [5, 5.41) is 2.92. The molecule has 242 valence electrons. The number of methoxy groups -OCH3 is 1. The first-order valence-corrected chi connectivity index (χ1v) is 16.4. The molecule has 0 aromatic heterocycles. The molecule has 0 spiro atoms. The van der Waals surface area contributed by atoms with Gasteiger partial charge in [0.2, 0.25) is 11.8 Å². The lowest BCUT2D eigenvalue weighted by Gasteiger charge is -2.34. The number of halogens is 1. The maximum absolute atomic E-state index is 14.6. The van der Waals surface area contributed by atoms with Crippen molar-refractivity contribution in [1.82, 2.24) is 10.2 Å². The lowest BCUT2D eigenvalue weighted by atomic mass is 10.0. The Morgan fingerprint density at radius 2 is 1.48 bits per heavy atom. The topological polar surface area (TPSA) is 96.0 Å². The number of hydrogen-bond donors (Lipinski definition) is 1. The molecule has 0 bridgehead atoms. The fourth-order valence-electron chi connectivity index (χ4n) is 5.07. The number of nitrogens with zero attached hydrogens (tertiary/aromatic N) is 2. The molecule has 1 unspecified atom stereocenters. The number of anilines is 1. The Hall–Kier alpha value is -4.70. The van der Waals surface area contributed by atoms with Crippen LogP contribution in [0.3, 0.4) is 0 Å². The van der Waals surface area contributed by atoms with Gasteiger partial charge in [0.1, 0.15) is 24.2 Å². The third-order valence-electron chi connectivity index (χ3n) is 7.46. The number of nitrogens with one attached hydrogen (secondary N) is 1. The molecular formula is C36H40FN3O5S. The highest BCUT2D eigenvalue weighted by Gasteiger charge is 2.35. The molecule has 0 aliphatic heterocycles. The molecule has 4 aromatic carbocycles. The van der Waals surface area contributed by atoms with E-state index in [0.29, 0.717) is 5.56 Å². The minimum atomic E-state index is -4.30. The Kier molecular flexibility index (Phi) is 11.2. The van der Waals surface area contributed by atoms with Crippen LogP contribution in [0, 0.1) is 19.7 Å². The molecule has 0 fully saturated rings. The van der Waals surface area contributed by atoms with Gasteiger partial charge in [0.15, 0.2) is 0 Å². The first-order chi connectivity index (χ1) is 21.9. The van der Waals surface area contributed by atoms with Crippen molar-refractivity contribution in [2.45, 2.75) is 57.6 Å². The monoisotopic (exact) mass is 645 g/mol. The molecule has 0 saturated heterocycles. The highest BCUT2D eigenvalue weighted by atomic mass is 32.2. The zero-order chi connectivity index (χ0) is 33.4. The third kappa shape index (κ3) is 8.51. The summed E-state index contributed by atoms with van der Waals surface area (Å²) in [5.41, 5.74) is 3.21. The number of aryl methyl sites for hydroxylation is 2. The first-order valence-electron chi connectivity index (χ1n) is 15.0. The van der Waals surface area contributed by atoms with Gasteiger partial charge in [0.05, 0.1) is 17.7 Å². The van der Waals surface area contributed by atoms with E-state index in [1.165, 1.54) is 36.3 Å². The van der Waals surface area contributed by atoms with Crippen LogP contribution in [0.5, 0.6) is 5.75 Å². The van der Waals surface area contributed by atoms with Gasteiger partial charge in [-0.3, -0.25) is 13.9 Å². The van der Waals surface area contributed by atoms with E-state index >= 15 is 0 Å². The normalized spacial score (nSPS) is 12.0. The molecule has 4 aromatic rings. The SMILES string of the molecule is COc1ccc(C)cc1N(CC(=O)N(Cc1ccc(F)cc1)C(Cc1ccccc1)C(=O)NC(C)C)S(=O)(=O)c1ccc(C)cc1. The molecule has 1 N–H and O–H groups in total. The van der Waals surface area contributed by atoms with Crippen LogP contribution in [0.15, 0.2) is 102 Å². The van der Waals surface area contributed by atoms with Gasteiger partial charge in [-0.2, -0.15) is 0 Å². The second-order valence-corrected chi connectivity index (χ2v) is 13.4. The zero-order valence-corrected chi connectivity index (χ0v) is 27.6. The number of benzene rings is 4. The lowest BCUT2D eigenvalue weighted by Crippen LogP contribution is -2.54. The van der Waals surface area contributed by atoms with Crippen LogP contribution >= 0.6 is 0 Å². The summed E-state index contributed by atoms with van der Waals surface area (Å²) < 4.78 is 49.0. The molecule has 0 heterocycles. The first kappa shape index (κ1) is 34.2. The van der Waals surface area contributed by atoms with Gasteiger partial charge in [-0.25, -0.2) is 12.8 Å². The minimum absolute atomic E-state index is 0.00192. The van der Waals surface area contributed by atoms with Crippen molar-refractivity contribution in [2.24, 2.45) is 0 Å². The molecule has 0 radical (unpaired) electrons. The van der Waals surface area contributed by atoms with E-state index < -0.39 is 40.2 Å². The predicted octanol–water partition coefficient (Wildman–Crippen LogP) is 5.81. The fourth-order valence-corrected chi connectivity index (χ4v) is 6.48. The molecular weight excluding hydrogens is 605 g/mol. The van der Waals surface area contributed by atoms with Crippen LogP contribution in [0.2, 0.25) is 0 Å². The smallest absolute Gasteiger partial charge is 0.264 e. The van der Waals surface area contributed by atoms with Gasteiger partial charge >= 0.3 is 0 Å². The largest absolute Gasteiger partial charge is 0.495 e. The number of ether oxygens (including phenoxy) is 1. The average molecular weight is 646 g/mol. The van der Waals surface area contributed by atoms with Crippen molar-refractivity contribution in [2.75, 3.05) is 18.0 Å². The lowest BCUT2D eigenvalue weighted by molar-refractivity contribution is -0.140. The number of rotatable bonds is 13. The van der Waals surface area contributed by atoms with Gasteiger partial charge in [-0.15, -0.1) is 0 Å². The van der Waals surface area contributed by atoms with Gasteiger partial charge in [0, 0.05) is 19.0 Å². The van der Waals surface area contributed by atoms with Gasteiger partial charge in [-0.05, 0) is 80.8 Å². The molecule has 1 atom stereocenters. The van der Waals surface area contributed by atoms with E-state index in [-0.39, 0.29) is 35.3 Å². The van der Waals surface area contributed by atoms with Crippen molar-refractivity contribution >= 4 is 27.5 Å². The summed E-state index contributed by atoms with van der Waals surface area (Å²) in [6.45, 7) is 6.62. The number of carbonyl (C=O) groups is 2. The highest BCUT2D eigenvalue weighted by molar-refractivity contribution is 7.92. The summed E-state index contributed by atoms with van der Waals surface area (Å²) in [6.07, 6.45) is 0.171. The zero-order valence-electron chi connectivity index (χ0n) is 26.7. The highest BCUT2D eigenvalue weighted by Crippen LogP contribution is 2.34. The molecule has 0 saturated carbocycles. The van der Waals surface area contributed by atoms with E-state index in [0.717, 1.165) is 21.0 Å². The molecule has 10 heteroatoms. The number of hydrogen-bond acceptors (Lipinski definition) is 5. The predicted molar refractivity (Wildman–Crippen MR) is 178 cm³/mol. The quantitative estimate of drug-likeness (QED) is 0.198. The van der Waals surface area contributed by atoms with Gasteiger partial charge in [0.25, 0.3) is 10.0 Å². The Bertz CT molecular complexity index is 1750. The van der Waals surface area contributed by atoms with E-state index in [2.05, 4.69) is 5.32 Å². The number of sulfonamides is 1. The molecule has 0 aliphatic rings. The third-order valence-corrected chi connectivity index (χ3v) is 9.23. The average Bonchev–Trinajstić information content (AvgIpc) is 3.02. The van der Waals surface area contributed by atoms with E-state index in [1.54, 1.807) is 42.5 Å². The minimum Gasteiger partial charge on any atom is -0.495 e. The molecule has 2 amide bonds. The van der Waals surface area contributed by atoms with Crippen LogP contribution in [-0.4, -0.2) is 50.9 Å². The van der Waals surface area contributed by atoms with Crippen LogP contribution in [0.4, 0.5) is 10.1 Å². The Morgan fingerprint density at radius 1 is 0.848 bits per heavy atom. The van der Waals surface area contributed by atoms with Crippen LogP contribution < -0.4 is 14.4 Å². The van der Waals surface area contributed by atoms with Crippen LogP contribution in [0.25, 0.3) is 0 Å². The maximum atomic E-state index is 14.6. The van der Waals surface area contributed by atoms with Crippen molar-refractivity contribution in [3.05, 3.63) is 125 Å². The van der Waals surface area contributed by atoms with Crippen molar-refractivity contribution in [3.63, 3.8) is 0 Å². The fraction of sp³-hybridized carbons (Fsp3) is 0.278. The van der Waals surface area contributed by atoms with Crippen molar-refractivity contribution in [1.29, 1.82) is 0 Å². The molecule has 8 nitrogen and oxygen atoms in total. The molecule has 46 heavy (non-hydrogen) atoms. The molecule has 4 rings (SSSR count). The van der Waals surface area contributed by atoms with Gasteiger partial charge < -0.3 is 15.0 Å². The standard InChI is InChI=1S/C36H40FN3O5S/c1-25(2)38-36(42)33(22-28-9-7-6-8-10-28)39(23-29-14-16-30(37)17-15-29)35(41)24-40(32-21-27(4)13-20-34(32)45-5)46(43,44)31-18-11-26(3)12-19-31/h6-21,25,33H,22-24H2,1-5H3,(H,38,42). The second kappa shape index (κ2) is 15.1. The number of amides is 2. The Balaban J connectivity index is 1.85. The molecule has 0 aliphatic carbocycles. The Labute approximate surface area is 270 Å². The van der Waals surface area contributed by atoms with E-state index in [9.17, 15) is 22.4 Å². The van der Waals surface area contributed by atoms with E-state index in [1.807, 2.05) is 58.0 Å². The summed E-state index contributed by atoms with van der Waals surface area (Å²) in [6, 6.07) is 25.1. The van der Waals surface area contributed by atoms with Crippen molar-refractivity contribution < 1.29 is 27.1 Å². The summed E-state index contributed by atoms with van der Waals surface area (Å²) in [7, 11) is -2.87. The second-order valence-electron chi connectivity index (χ2n) is 11.5. The summed E-state index contributed by atoms with van der Waals surface area (Å²) >= 11 is 0. The Morgan fingerprint density at radius 3 is 2.09 bits per heavy atom. The van der Waals surface area contributed by atoms with Crippen LogP contribution in [0.1, 0.15) is 36.1 Å². The maximum Gasteiger partial charge on any atom is 0.264 e. The summed E-state index contributed by atoms with van der Waals surface area (Å²) in [5.74, 6) is -1.20. The van der Waals surface area contributed by atoms with Crippen molar-refractivity contribution in [3.8, 4) is 5.75 Å². The number of carbonyl (C=O) groups excluding carboxylic acids is 2. The summed E-state index contributed by atoms with van der Waals surface area (Å²) in [4.78, 5) is 29.7. The van der Waals surface area contributed by atoms with Crippen LogP contribution in [-0.2, 0) is 32.6 Å². The van der Waals surface area contributed by atoms with Gasteiger partial charge in [-0.1, -0.05) is 66.2 Å².